The van der Waals surface area contributed by atoms with E-state index in [0.717, 1.165) is 5.56 Å². The van der Waals surface area contributed by atoms with Crippen molar-refractivity contribution < 1.29 is 30.7 Å². The fraction of sp³-hybridized carbons (Fsp3) is 0.0833. The van der Waals surface area contributed by atoms with Gasteiger partial charge in [0.1, 0.15) is 18.2 Å². The monoisotopic (exact) mass is 475 g/mol. The summed E-state index contributed by atoms with van der Waals surface area (Å²) in [5.41, 5.74) is -3.49. The Balaban J connectivity index is 1.57. The highest BCUT2D eigenvalue weighted by Crippen LogP contribution is 2.31. The number of hydrogen-bond acceptors (Lipinski definition) is 3. The van der Waals surface area contributed by atoms with E-state index >= 15 is 0 Å². The molecular weight excluding hydrogens is 458 g/mol. The molecule has 0 aliphatic carbocycles. The summed E-state index contributed by atoms with van der Waals surface area (Å²) in [6, 6.07) is 22.8. The van der Waals surface area contributed by atoms with Gasteiger partial charge in [-0.05, 0) is 64.5 Å². The molecule has 4 rings (SSSR count). The molecule has 0 spiro atoms. The largest absolute Gasteiger partial charge is 0.516 e. The Morgan fingerprint density at radius 3 is 2.30 bits per heavy atom. The van der Waals surface area contributed by atoms with E-state index in [1.165, 1.54) is 35.1 Å². The Kier molecular flexibility index (Phi) is 5.99. The zero-order valence-electron chi connectivity index (χ0n) is 16.9. The van der Waals surface area contributed by atoms with E-state index in [-0.39, 0.29) is 12.3 Å². The minimum Gasteiger partial charge on any atom is -0.488 e. The first kappa shape index (κ1) is 22.6. The van der Waals surface area contributed by atoms with Gasteiger partial charge in [-0.3, -0.25) is 4.72 Å². The second kappa shape index (κ2) is 8.74. The van der Waals surface area contributed by atoms with Crippen molar-refractivity contribution in [2.45, 2.75) is 12.1 Å². The lowest BCUT2D eigenvalue weighted by atomic mass is 10.0. The van der Waals surface area contributed by atoms with Crippen LogP contribution in [-0.4, -0.2) is 13.9 Å². The van der Waals surface area contributed by atoms with Gasteiger partial charge in [0.25, 0.3) is 0 Å². The molecule has 0 saturated heterocycles. The number of rotatable bonds is 6. The van der Waals surface area contributed by atoms with Gasteiger partial charge in [-0.1, -0.05) is 42.5 Å². The number of hydrogen-bond donors (Lipinski definition) is 1. The molecule has 0 amide bonds. The van der Waals surface area contributed by atoms with Gasteiger partial charge < -0.3 is 4.74 Å². The molecule has 170 valence electrons. The second-order valence-corrected chi connectivity index (χ2v) is 8.92. The minimum atomic E-state index is -5.52. The van der Waals surface area contributed by atoms with Gasteiger partial charge in [0, 0.05) is 11.1 Å². The molecule has 0 aromatic heterocycles. The highest BCUT2D eigenvalue weighted by molar-refractivity contribution is 7.93. The number of ether oxygens (including phenoxy) is 1. The van der Waals surface area contributed by atoms with E-state index < -0.39 is 21.3 Å². The number of sulfonamides is 1. The van der Waals surface area contributed by atoms with Gasteiger partial charge in [-0.15, -0.1) is 0 Å². The molecule has 0 radical (unpaired) electrons. The molecule has 0 heterocycles. The van der Waals surface area contributed by atoms with Gasteiger partial charge in [-0.25, -0.2) is 4.39 Å². The number of alkyl halides is 3. The van der Waals surface area contributed by atoms with Crippen LogP contribution in [0, 0.1) is 5.82 Å². The maximum absolute atomic E-state index is 14.2. The van der Waals surface area contributed by atoms with E-state index in [1.54, 1.807) is 18.2 Å². The molecule has 0 aliphatic heterocycles. The van der Waals surface area contributed by atoms with Crippen LogP contribution in [0.4, 0.5) is 23.2 Å². The van der Waals surface area contributed by atoms with Crippen LogP contribution in [0.5, 0.6) is 5.75 Å². The Bertz CT molecular complexity index is 1400. The van der Waals surface area contributed by atoms with E-state index in [1.807, 2.05) is 36.4 Å². The SMILES string of the molecule is O=S(=O)(Nc1ccc2c(OCc3cc(F)cc(-c4ccccc4)c3)cccc2c1)C(F)(F)F. The number of halogens is 4. The summed E-state index contributed by atoms with van der Waals surface area (Å²) in [6.45, 7) is 0.0547. The minimum absolute atomic E-state index is 0.0547. The van der Waals surface area contributed by atoms with E-state index in [9.17, 15) is 26.0 Å². The Hall–Kier alpha value is -3.59. The van der Waals surface area contributed by atoms with Crippen LogP contribution >= 0.6 is 0 Å². The van der Waals surface area contributed by atoms with Crippen molar-refractivity contribution in [2.24, 2.45) is 0 Å². The van der Waals surface area contributed by atoms with Gasteiger partial charge >= 0.3 is 15.5 Å². The lowest BCUT2D eigenvalue weighted by Crippen LogP contribution is -2.29. The third kappa shape index (κ3) is 5.09. The number of nitrogens with one attached hydrogen (secondary N) is 1. The summed E-state index contributed by atoms with van der Waals surface area (Å²) >= 11 is 0. The predicted octanol–water partition coefficient (Wildman–Crippen LogP) is 6.49. The van der Waals surface area contributed by atoms with Crippen molar-refractivity contribution in [3.63, 3.8) is 0 Å². The molecule has 4 aromatic rings. The highest BCUT2D eigenvalue weighted by atomic mass is 32.2. The van der Waals surface area contributed by atoms with Crippen LogP contribution in [0.25, 0.3) is 21.9 Å². The first-order chi connectivity index (χ1) is 15.6. The quantitative estimate of drug-likeness (QED) is 0.325. The molecule has 4 aromatic carbocycles. The number of fused-ring (bicyclic) bond motifs is 1. The smallest absolute Gasteiger partial charge is 0.488 e. The maximum atomic E-state index is 14.2. The zero-order chi connectivity index (χ0) is 23.6. The summed E-state index contributed by atoms with van der Waals surface area (Å²) in [6.07, 6.45) is 0. The van der Waals surface area contributed by atoms with Crippen molar-refractivity contribution in [1.82, 2.24) is 0 Å². The topological polar surface area (TPSA) is 55.4 Å². The van der Waals surface area contributed by atoms with Gasteiger partial charge in [0.05, 0.1) is 0 Å². The van der Waals surface area contributed by atoms with Crippen molar-refractivity contribution >= 4 is 26.5 Å². The van der Waals surface area contributed by atoms with Gasteiger partial charge in [0.15, 0.2) is 0 Å². The maximum Gasteiger partial charge on any atom is 0.516 e. The summed E-state index contributed by atoms with van der Waals surface area (Å²) < 4.78 is 82.1. The summed E-state index contributed by atoms with van der Waals surface area (Å²) in [5, 5.41) is 1.03. The fourth-order valence-corrected chi connectivity index (χ4v) is 3.90. The molecule has 0 aliphatic rings. The summed E-state index contributed by atoms with van der Waals surface area (Å²) in [4.78, 5) is 0. The van der Waals surface area contributed by atoms with Crippen LogP contribution in [0.15, 0.2) is 84.9 Å². The van der Waals surface area contributed by atoms with E-state index in [2.05, 4.69) is 0 Å². The molecule has 0 unspecified atom stereocenters. The normalized spacial score (nSPS) is 12.0. The molecular formula is C24H17F4NO3S. The first-order valence-corrected chi connectivity index (χ1v) is 11.2. The number of anilines is 1. The Labute approximate surface area is 187 Å². The molecule has 9 heteroatoms. The third-order valence-corrected chi connectivity index (χ3v) is 5.97. The highest BCUT2D eigenvalue weighted by Gasteiger charge is 2.46. The second-order valence-electron chi connectivity index (χ2n) is 7.25. The molecule has 0 atom stereocenters. The molecule has 4 nitrogen and oxygen atoms in total. The van der Waals surface area contributed by atoms with Crippen molar-refractivity contribution in [3.8, 4) is 16.9 Å². The zero-order valence-corrected chi connectivity index (χ0v) is 17.8. The van der Waals surface area contributed by atoms with E-state index in [4.69, 9.17) is 4.74 Å². The molecule has 0 fully saturated rings. The van der Waals surface area contributed by atoms with Crippen molar-refractivity contribution in [1.29, 1.82) is 0 Å². The average molecular weight is 475 g/mol. The van der Waals surface area contributed by atoms with Crippen LogP contribution in [0.2, 0.25) is 0 Å². The third-order valence-electron chi connectivity index (χ3n) is 4.86. The van der Waals surface area contributed by atoms with Crippen molar-refractivity contribution in [2.75, 3.05) is 4.72 Å². The fourth-order valence-electron chi connectivity index (χ4n) is 3.35. The van der Waals surface area contributed by atoms with E-state index in [0.29, 0.717) is 27.6 Å². The molecule has 33 heavy (non-hydrogen) atoms. The molecule has 1 N–H and O–H groups in total. The van der Waals surface area contributed by atoms with Crippen LogP contribution in [-0.2, 0) is 16.6 Å². The Morgan fingerprint density at radius 2 is 1.58 bits per heavy atom. The summed E-state index contributed by atoms with van der Waals surface area (Å²) in [7, 11) is -5.52. The first-order valence-electron chi connectivity index (χ1n) is 9.72. The lowest BCUT2D eigenvalue weighted by molar-refractivity contribution is -0.0429. The predicted molar refractivity (Wildman–Crippen MR) is 119 cm³/mol. The van der Waals surface area contributed by atoms with Gasteiger partial charge in [0.2, 0.25) is 0 Å². The van der Waals surface area contributed by atoms with Crippen LogP contribution in [0.1, 0.15) is 5.56 Å². The summed E-state index contributed by atoms with van der Waals surface area (Å²) in [5.74, 6) is 0.0118. The Morgan fingerprint density at radius 1 is 0.818 bits per heavy atom. The van der Waals surface area contributed by atoms with Gasteiger partial charge in [-0.2, -0.15) is 21.6 Å². The van der Waals surface area contributed by atoms with Crippen LogP contribution < -0.4 is 9.46 Å². The van der Waals surface area contributed by atoms with Crippen LogP contribution in [0.3, 0.4) is 0 Å². The lowest BCUT2D eigenvalue weighted by Gasteiger charge is -2.13. The number of benzene rings is 4. The standard InChI is InChI=1S/C24H17F4NO3S/c25-20-12-16(11-19(13-20)17-5-2-1-3-6-17)15-32-23-8-4-7-18-14-21(9-10-22(18)23)29-33(30,31)24(26,27)28/h1-14,29H,15H2. The molecule has 0 saturated carbocycles. The average Bonchev–Trinajstić information content (AvgIpc) is 2.76. The van der Waals surface area contributed by atoms with Crippen molar-refractivity contribution in [3.05, 3.63) is 96.3 Å². The molecule has 0 bridgehead atoms.